The molecule has 1 aliphatic carbocycles. The van der Waals surface area contributed by atoms with E-state index in [9.17, 15) is 0 Å². The molecule has 1 heterocycles. The Labute approximate surface area is 105 Å². The molecule has 0 aromatic carbocycles. The van der Waals surface area contributed by atoms with E-state index in [2.05, 4.69) is 31.0 Å². The molecule has 1 fully saturated rings. The molecule has 0 bridgehead atoms. The highest BCUT2D eigenvalue weighted by molar-refractivity contribution is 5.11. The van der Waals surface area contributed by atoms with Gasteiger partial charge in [-0.2, -0.15) is 0 Å². The summed E-state index contributed by atoms with van der Waals surface area (Å²) in [5.41, 5.74) is 7.82. The fourth-order valence-corrected chi connectivity index (χ4v) is 3.16. The molecule has 2 nitrogen and oxygen atoms in total. The molecule has 1 aliphatic rings. The van der Waals surface area contributed by atoms with Crippen molar-refractivity contribution >= 4 is 0 Å². The standard InChI is InChI=1S/C15H24N2/c1-15(2)6-3-13(11-16)14(10-15)9-12-4-7-17-8-5-12/h4-5,7-8,13-14H,3,6,9-11,16H2,1-2H3. The van der Waals surface area contributed by atoms with E-state index in [4.69, 9.17) is 5.73 Å². The summed E-state index contributed by atoms with van der Waals surface area (Å²) in [7, 11) is 0. The van der Waals surface area contributed by atoms with E-state index in [1.165, 1.54) is 24.8 Å². The zero-order chi connectivity index (χ0) is 12.3. The van der Waals surface area contributed by atoms with Gasteiger partial charge >= 0.3 is 0 Å². The van der Waals surface area contributed by atoms with Gasteiger partial charge in [0.25, 0.3) is 0 Å². The lowest BCUT2D eigenvalue weighted by atomic mass is 9.65. The first-order valence-corrected chi connectivity index (χ1v) is 6.70. The van der Waals surface area contributed by atoms with Gasteiger partial charge in [-0.25, -0.2) is 0 Å². The molecule has 0 radical (unpaired) electrons. The van der Waals surface area contributed by atoms with Crippen molar-refractivity contribution in [2.45, 2.75) is 39.5 Å². The van der Waals surface area contributed by atoms with Gasteiger partial charge in [0, 0.05) is 12.4 Å². The number of nitrogens with two attached hydrogens (primary N) is 1. The number of nitrogens with zero attached hydrogens (tertiary/aromatic N) is 1. The number of pyridine rings is 1. The van der Waals surface area contributed by atoms with Crippen LogP contribution in [0.2, 0.25) is 0 Å². The van der Waals surface area contributed by atoms with Gasteiger partial charge in [0.15, 0.2) is 0 Å². The van der Waals surface area contributed by atoms with Gasteiger partial charge in [-0.3, -0.25) is 4.98 Å². The SMILES string of the molecule is CC1(C)CCC(CN)C(Cc2ccncc2)C1. The molecule has 17 heavy (non-hydrogen) atoms. The third-order valence-electron chi connectivity index (χ3n) is 4.22. The summed E-state index contributed by atoms with van der Waals surface area (Å²) >= 11 is 0. The Hall–Kier alpha value is -0.890. The van der Waals surface area contributed by atoms with E-state index in [1.807, 2.05) is 12.4 Å². The van der Waals surface area contributed by atoms with Crippen LogP contribution in [0.5, 0.6) is 0 Å². The molecular formula is C15H24N2. The third kappa shape index (κ3) is 3.29. The third-order valence-corrected chi connectivity index (χ3v) is 4.22. The minimum Gasteiger partial charge on any atom is -0.330 e. The van der Waals surface area contributed by atoms with Crippen molar-refractivity contribution < 1.29 is 0 Å². The smallest absolute Gasteiger partial charge is 0.0270 e. The van der Waals surface area contributed by atoms with Crippen molar-refractivity contribution in [1.82, 2.24) is 4.98 Å². The maximum absolute atomic E-state index is 5.92. The molecule has 1 saturated carbocycles. The Kier molecular flexibility index (Phi) is 3.82. The molecule has 0 spiro atoms. The fraction of sp³-hybridized carbons (Fsp3) is 0.667. The maximum Gasteiger partial charge on any atom is 0.0270 e. The Morgan fingerprint density at radius 2 is 2.00 bits per heavy atom. The number of aromatic nitrogens is 1. The second kappa shape index (κ2) is 5.18. The molecule has 94 valence electrons. The summed E-state index contributed by atoms with van der Waals surface area (Å²) in [4.78, 5) is 4.08. The van der Waals surface area contributed by atoms with Crippen LogP contribution in [0, 0.1) is 17.3 Å². The van der Waals surface area contributed by atoms with Crippen molar-refractivity contribution in [2.75, 3.05) is 6.54 Å². The second-order valence-corrected chi connectivity index (χ2v) is 6.22. The van der Waals surface area contributed by atoms with Gasteiger partial charge < -0.3 is 5.73 Å². The monoisotopic (exact) mass is 232 g/mol. The molecule has 2 atom stereocenters. The summed E-state index contributed by atoms with van der Waals surface area (Å²) < 4.78 is 0. The van der Waals surface area contributed by atoms with Gasteiger partial charge in [-0.15, -0.1) is 0 Å². The summed E-state index contributed by atoms with van der Waals surface area (Å²) in [5, 5.41) is 0. The quantitative estimate of drug-likeness (QED) is 0.870. The van der Waals surface area contributed by atoms with Gasteiger partial charge in [-0.05, 0) is 67.2 Å². The molecule has 0 amide bonds. The van der Waals surface area contributed by atoms with Crippen molar-refractivity contribution in [1.29, 1.82) is 0 Å². The largest absolute Gasteiger partial charge is 0.330 e. The van der Waals surface area contributed by atoms with Crippen LogP contribution in [0.15, 0.2) is 24.5 Å². The Morgan fingerprint density at radius 3 is 2.65 bits per heavy atom. The Bertz CT molecular complexity index is 345. The van der Waals surface area contributed by atoms with Crippen LogP contribution in [0.4, 0.5) is 0 Å². The average molecular weight is 232 g/mol. The van der Waals surface area contributed by atoms with Crippen molar-refractivity contribution in [3.63, 3.8) is 0 Å². The fourth-order valence-electron chi connectivity index (χ4n) is 3.16. The zero-order valence-corrected chi connectivity index (χ0v) is 11.0. The molecule has 2 unspecified atom stereocenters. The molecule has 2 N–H and O–H groups in total. The first-order valence-electron chi connectivity index (χ1n) is 6.70. The maximum atomic E-state index is 5.92. The minimum atomic E-state index is 0.489. The number of rotatable bonds is 3. The molecule has 1 aromatic rings. The van der Waals surface area contributed by atoms with E-state index in [0.717, 1.165) is 18.9 Å². The van der Waals surface area contributed by atoms with Crippen molar-refractivity contribution in [3.8, 4) is 0 Å². The minimum absolute atomic E-state index is 0.489. The molecule has 2 rings (SSSR count). The first-order chi connectivity index (χ1) is 8.11. The van der Waals surface area contributed by atoms with Gasteiger partial charge in [-0.1, -0.05) is 13.8 Å². The second-order valence-electron chi connectivity index (χ2n) is 6.22. The van der Waals surface area contributed by atoms with Crippen molar-refractivity contribution in [3.05, 3.63) is 30.1 Å². The topological polar surface area (TPSA) is 38.9 Å². The average Bonchev–Trinajstić information content (AvgIpc) is 2.30. The van der Waals surface area contributed by atoms with Gasteiger partial charge in [0.2, 0.25) is 0 Å². The van der Waals surface area contributed by atoms with Crippen LogP contribution < -0.4 is 5.73 Å². The van der Waals surface area contributed by atoms with Crippen LogP contribution in [0.1, 0.15) is 38.7 Å². The molecular weight excluding hydrogens is 208 g/mol. The zero-order valence-electron chi connectivity index (χ0n) is 11.0. The van der Waals surface area contributed by atoms with E-state index in [0.29, 0.717) is 11.3 Å². The van der Waals surface area contributed by atoms with Crippen LogP contribution in [0.25, 0.3) is 0 Å². The summed E-state index contributed by atoms with van der Waals surface area (Å²) in [6, 6.07) is 4.27. The van der Waals surface area contributed by atoms with Crippen molar-refractivity contribution in [2.24, 2.45) is 23.0 Å². The van der Waals surface area contributed by atoms with Gasteiger partial charge in [0.1, 0.15) is 0 Å². The van der Waals surface area contributed by atoms with E-state index >= 15 is 0 Å². The van der Waals surface area contributed by atoms with Crippen LogP contribution in [-0.2, 0) is 6.42 Å². The van der Waals surface area contributed by atoms with E-state index in [1.54, 1.807) is 0 Å². The molecule has 2 heteroatoms. The van der Waals surface area contributed by atoms with Crippen LogP contribution >= 0.6 is 0 Å². The summed E-state index contributed by atoms with van der Waals surface area (Å²) in [6.07, 6.45) is 8.85. The van der Waals surface area contributed by atoms with Crippen LogP contribution in [0.3, 0.4) is 0 Å². The molecule has 0 saturated heterocycles. The normalized spacial score (nSPS) is 27.9. The first kappa shape index (κ1) is 12.6. The Balaban J connectivity index is 2.06. The highest BCUT2D eigenvalue weighted by Gasteiger charge is 2.33. The number of hydrogen-bond acceptors (Lipinski definition) is 2. The highest BCUT2D eigenvalue weighted by Crippen LogP contribution is 2.42. The predicted molar refractivity (Wildman–Crippen MR) is 71.6 cm³/mol. The highest BCUT2D eigenvalue weighted by atomic mass is 14.6. The lowest BCUT2D eigenvalue weighted by Crippen LogP contribution is -2.35. The molecule has 0 aliphatic heterocycles. The number of hydrogen-bond donors (Lipinski definition) is 1. The lowest BCUT2D eigenvalue weighted by Gasteiger charge is -2.40. The van der Waals surface area contributed by atoms with E-state index in [-0.39, 0.29) is 0 Å². The predicted octanol–water partition coefficient (Wildman–Crippen LogP) is 3.03. The summed E-state index contributed by atoms with van der Waals surface area (Å²) in [6.45, 7) is 5.62. The Morgan fingerprint density at radius 1 is 1.29 bits per heavy atom. The summed E-state index contributed by atoms with van der Waals surface area (Å²) in [5.74, 6) is 1.45. The lowest BCUT2D eigenvalue weighted by molar-refractivity contribution is 0.121. The van der Waals surface area contributed by atoms with Crippen LogP contribution in [-0.4, -0.2) is 11.5 Å². The van der Waals surface area contributed by atoms with Gasteiger partial charge in [0.05, 0.1) is 0 Å². The molecule has 1 aromatic heterocycles. The van der Waals surface area contributed by atoms with E-state index < -0.39 is 0 Å².